The molecule has 0 radical (unpaired) electrons. The molecular weight excluding hydrogens is 500 g/mol. The minimum atomic E-state index is 0.285. The van der Waals surface area contributed by atoms with Crippen LogP contribution in [0.25, 0.3) is 12.2 Å². The number of fused-ring (bicyclic) bond motifs is 3. The van der Waals surface area contributed by atoms with Gasteiger partial charge in [-0.05, 0) is 90.6 Å². The summed E-state index contributed by atoms with van der Waals surface area (Å²) in [5.41, 5.74) is 11.5. The van der Waals surface area contributed by atoms with Gasteiger partial charge in [0, 0.05) is 21.4 Å². The van der Waals surface area contributed by atoms with E-state index in [2.05, 4.69) is 103 Å². The monoisotopic (exact) mass is 530 g/mol. The molecule has 3 aromatic carbocycles. The molecule has 0 heterocycles. The lowest BCUT2D eigenvalue weighted by Gasteiger charge is -2.13. The fourth-order valence-electron chi connectivity index (χ4n) is 5.47. The van der Waals surface area contributed by atoms with Crippen LogP contribution >= 0.6 is 27.7 Å². The van der Waals surface area contributed by atoms with Gasteiger partial charge < -0.3 is 4.74 Å². The minimum absolute atomic E-state index is 0.285. The number of rotatable bonds is 3. The van der Waals surface area contributed by atoms with Gasteiger partial charge in [-0.1, -0.05) is 94.3 Å². The van der Waals surface area contributed by atoms with E-state index < -0.39 is 0 Å². The molecule has 0 N–H and O–H groups in total. The second kappa shape index (κ2) is 9.89. The van der Waals surface area contributed by atoms with Crippen LogP contribution in [0.5, 0.6) is 0 Å². The number of ether oxygens (including phenoxy) is 1. The Bertz CT molecular complexity index is 1240. The average Bonchev–Trinajstić information content (AvgIpc) is 3.48. The summed E-state index contributed by atoms with van der Waals surface area (Å²) in [6.45, 7) is 6.69. The second-order valence-corrected chi connectivity index (χ2v) is 11.7. The van der Waals surface area contributed by atoms with Crippen LogP contribution in [-0.4, -0.2) is 7.11 Å². The number of allylic oxidation sites excluding steroid dienone is 2. The molecule has 174 valence electrons. The average molecular weight is 532 g/mol. The van der Waals surface area contributed by atoms with Crippen molar-refractivity contribution in [2.24, 2.45) is 5.92 Å². The lowest BCUT2D eigenvalue weighted by Crippen LogP contribution is -2.04. The summed E-state index contributed by atoms with van der Waals surface area (Å²) in [4.78, 5) is 2.83. The molecule has 3 aliphatic carbocycles. The van der Waals surface area contributed by atoms with E-state index in [9.17, 15) is 0 Å². The van der Waals surface area contributed by atoms with Crippen molar-refractivity contribution in [3.63, 3.8) is 0 Å². The Morgan fingerprint density at radius 2 is 1.35 bits per heavy atom. The largest absolute Gasteiger partial charge is 0.376 e. The molecule has 6 rings (SSSR count). The van der Waals surface area contributed by atoms with Crippen molar-refractivity contribution in [1.29, 1.82) is 0 Å². The quantitative estimate of drug-likeness (QED) is 0.333. The van der Waals surface area contributed by atoms with Gasteiger partial charge in [-0.2, -0.15) is 0 Å². The van der Waals surface area contributed by atoms with Gasteiger partial charge in [0.25, 0.3) is 0 Å². The fraction of sp³-hybridized carbons (Fsp3) is 0.290. The van der Waals surface area contributed by atoms with Crippen molar-refractivity contribution >= 4 is 39.8 Å². The van der Waals surface area contributed by atoms with Gasteiger partial charge in [0.05, 0.1) is 6.10 Å². The van der Waals surface area contributed by atoms with E-state index in [1.165, 1.54) is 58.8 Å². The van der Waals surface area contributed by atoms with Crippen LogP contribution in [0, 0.1) is 5.92 Å². The normalized spacial score (nSPS) is 19.6. The molecule has 0 saturated heterocycles. The maximum absolute atomic E-state index is 5.48. The molecule has 1 nitrogen and oxygen atoms in total. The zero-order chi connectivity index (χ0) is 23.8. The second-order valence-electron chi connectivity index (χ2n) is 9.73. The van der Waals surface area contributed by atoms with E-state index in [4.69, 9.17) is 4.74 Å². The van der Waals surface area contributed by atoms with Gasteiger partial charge in [0.2, 0.25) is 0 Å². The van der Waals surface area contributed by atoms with Crippen molar-refractivity contribution in [2.45, 2.75) is 55.9 Å². The molecule has 0 spiro atoms. The smallest absolute Gasteiger partial charge is 0.0852 e. The first-order chi connectivity index (χ1) is 16.4. The van der Waals surface area contributed by atoms with Crippen molar-refractivity contribution in [1.82, 2.24) is 0 Å². The van der Waals surface area contributed by atoms with Crippen LogP contribution in [0.1, 0.15) is 60.3 Å². The van der Waals surface area contributed by atoms with Gasteiger partial charge in [0.1, 0.15) is 0 Å². The Hall–Kier alpha value is -2.07. The van der Waals surface area contributed by atoms with Crippen LogP contribution in [0.2, 0.25) is 0 Å². The third-order valence-corrected chi connectivity index (χ3v) is 8.98. The standard InChI is InChI=1S/C20H18S.C11H13BrO/c1-13-9-15-5-3-7-19(17(15)11-13)21-20-8-4-6-16-10-14(2)12-18(16)20;1-7-6-9-8(11(7)13-2)4-3-5-10(9)12/h3-10H,11-12H2,1-2H3;3-5,7,11H,6H2,1-2H3. The summed E-state index contributed by atoms with van der Waals surface area (Å²) >= 11 is 5.51. The summed E-state index contributed by atoms with van der Waals surface area (Å²) < 4.78 is 6.70. The molecule has 0 saturated carbocycles. The Balaban J connectivity index is 0.000000159. The highest BCUT2D eigenvalue weighted by atomic mass is 79.9. The SMILES string of the molecule is CC1=Cc2cccc(Sc3cccc4c3CC(C)=C4)c2C1.COC1c2cccc(Br)c2CC1C. The van der Waals surface area contributed by atoms with E-state index >= 15 is 0 Å². The predicted octanol–water partition coefficient (Wildman–Crippen LogP) is 9.09. The minimum Gasteiger partial charge on any atom is -0.376 e. The molecule has 2 atom stereocenters. The van der Waals surface area contributed by atoms with Crippen LogP contribution in [0.15, 0.2) is 80.0 Å². The van der Waals surface area contributed by atoms with Crippen LogP contribution in [0.4, 0.5) is 0 Å². The maximum atomic E-state index is 5.48. The Morgan fingerprint density at radius 1 is 0.794 bits per heavy atom. The van der Waals surface area contributed by atoms with Crippen molar-refractivity contribution in [3.8, 4) is 0 Å². The summed E-state index contributed by atoms with van der Waals surface area (Å²) in [5.74, 6) is 0.596. The van der Waals surface area contributed by atoms with Crippen LogP contribution in [0.3, 0.4) is 0 Å². The highest BCUT2D eigenvalue weighted by Crippen LogP contribution is 2.42. The van der Waals surface area contributed by atoms with Gasteiger partial charge in [0.15, 0.2) is 0 Å². The van der Waals surface area contributed by atoms with Crippen LogP contribution < -0.4 is 0 Å². The maximum Gasteiger partial charge on any atom is 0.0852 e. The first-order valence-electron chi connectivity index (χ1n) is 12.0. The molecular formula is C31H31BrOS. The topological polar surface area (TPSA) is 9.23 Å². The third kappa shape index (κ3) is 4.58. The number of methoxy groups -OCH3 is 1. The predicted molar refractivity (Wildman–Crippen MR) is 148 cm³/mol. The summed E-state index contributed by atoms with van der Waals surface area (Å²) in [6, 6.07) is 19.7. The molecule has 34 heavy (non-hydrogen) atoms. The van der Waals surface area contributed by atoms with Crippen molar-refractivity contribution in [2.75, 3.05) is 7.11 Å². The lowest BCUT2D eigenvalue weighted by molar-refractivity contribution is 0.0695. The lowest BCUT2D eigenvalue weighted by atomic mass is 10.1. The summed E-state index contributed by atoms with van der Waals surface area (Å²) in [7, 11) is 1.79. The molecule has 3 heteroatoms. The zero-order valence-electron chi connectivity index (χ0n) is 20.3. The van der Waals surface area contributed by atoms with E-state index in [0.29, 0.717) is 5.92 Å². The third-order valence-electron chi connectivity index (χ3n) is 7.03. The summed E-state index contributed by atoms with van der Waals surface area (Å²) in [5, 5.41) is 0. The molecule has 0 aliphatic heterocycles. The highest BCUT2D eigenvalue weighted by molar-refractivity contribution is 9.10. The van der Waals surface area contributed by atoms with Gasteiger partial charge in [-0.25, -0.2) is 0 Å². The number of hydrogen-bond acceptors (Lipinski definition) is 2. The van der Waals surface area contributed by atoms with Gasteiger partial charge in [-0.3, -0.25) is 0 Å². The Labute approximate surface area is 216 Å². The number of halogens is 1. The molecule has 0 fully saturated rings. The van der Waals surface area contributed by atoms with E-state index in [1.807, 2.05) is 11.8 Å². The highest BCUT2D eigenvalue weighted by Gasteiger charge is 2.30. The van der Waals surface area contributed by atoms with Gasteiger partial charge >= 0.3 is 0 Å². The van der Waals surface area contributed by atoms with E-state index in [0.717, 1.165) is 19.3 Å². The molecule has 0 aromatic heterocycles. The first kappa shape index (κ1) is 23.7. The molecule has 0 amide bonds. The summed E-state index contributed by atoms with van der Waals surface area (Å²) in [6.07, 6.45) is 8.25. The Morgan fingerprint density at radius 3 is 1.91 bits per heavy atom. The molecule has 0 bridgehead atoms. The van der Waals surface area contributed by atoms with Crippen molar-refractivity contribution < 1.29 is 4.74 Å². The van der Waals surface area contributed by atoms with E-state index in [1.54, 1.807) is 7.11 Å². The fourth-order valence-corrected chi connectivity index (χ4v) is 7.17. The number of benzene rings is 3. The van der Waals surface area contributed by atoms with Gasteiger partial charge in [-0.15, -0.1) is 0 Å². The van der Waals surface area contributed by atoms with E-state index in [-0.39, 0.29) is 6.10 Å². The van der Waals surface area contributed by atoms with Crippen LogP contribution in [-0.2, 0) is 24.0 Å². The van der Waals surface area contributed by atoms with Crippen molar-refractivity contribution in [3.05, 3.63) is 104 Å². The first-order valence-corrected chi connectivity index (χ1v) is 13.6. The Kier molecular flexibility index (Phi) is 6.88. The molecule has 3 aliphatic rings. The zero-order valence-corrected chi connectivity index (χ0v) is 22.7. The molecule has 2 unspecified atom stereocenters. The number of hydrogen-bond donors (Lipinski definition) is 0. The molecule has 3 aromatic rings.